The summed E-state index contributed by atoms with van der Waals surface area (Å²) < 4.78 is 5.36. The zero-order valence-electron chi connectivity index (χ0n) is 12.5. The van der Waals surface area contributed by atoms with Crippen molar-refractivity contribution in [3.8, 4) is 0 Å². The monoisotopic (exact) mass is 325 g/mol. The molecule has 0 saturated carbocycles. The van der Waals surface area contributed by atoms with Crippen LogP contribution in [0.2, 0.25) is 0 Å². The summed E-state index contributed by atoms with van der Waals surface area (Å²) in [5.74, 6) is 1.18. The number of aromatic nitrogens is 2. The van der Waals surface area contributed by atoms with Gasteiger partial charge in [0, 0.05) is 12.5 Å². The Morgan fingerprint density at radius 3 is 2.78 bits per heavy atom. The summed E-state index contributed by atoms with van der Waals surface area (Å²) in [5, 5.41) is 12.1. The van der Waals surface area contributed by atoms with E-state index in [9.17, 15) is 4.79 Å². The van der Waals surface area contributed by atoms with E-state index in [0.29, 0.717) is 17.3 Å². The second kappa shape index (κ2) is 7.02. The Labute approximate surface area is 137 Å². The molecule has 1 aromatic carbocycles. The van der Waals surface area contributed by atoms with Crippen LogP contribution in [0.25, 0.3) is 6.08 Å². The first kappa shape index (κ1) is 15.2. The summed E-state index contributed by atoms with van der Waals surface area (Å²) >= 11 is 1.37. The van der Waals surface area contributed by atoms with E-state index in [1.165, 1.54) is 17.4 Å². The van der Waals surface area contributed by atoms with Crippen molar-refractivity contribution in [1.29, 1.82) is 0 Å². The van der Waals surface area contributed by atoms with E-state index in [4.69, 9.17) is 4.42 Å². The number of hydrogen-bond donors (Lipinski definition) is 1. The van der Waals surface area contributed by atoms with Crippen molar-refractivity contribution in [3.05, 3.63) is 70.6 Å². The van der Waals surface area contributed by atoms with Gasteiger partial charge in [-0.3, -0.25) is 10.1 Å². The number of carbonyl (C=O) groups is 1. The van der Waals surface area contributed by atoms with Gasteiger partial charge in [0.1, 0.15) is 16.5 Å². The van der Waals surface area contributed by atoms with Crippen molar-refractivity contribution in [2.75, 3.05) is 5.32 Å². The fourth-order valence-electron chi connectivity index (χ4n) is 1.99. The first-order valence-corrected chi connectivity index (χ1v) is 7.92. The molecule has 2 aromatic heterocycles. The van der Waals surface area contributed by atoms with E-state index in [-0.39, 0.29) is 5.91 Å². The number of anilines is 1. The smallest absolute Gasteiger partial charge is 0.250 e. The van der Waals surface area contributed by atoms with Gasteiger partial charge in [0.05, 0.1) is 0 Å². The zero-order valence-corrected chi connectivity index (χ0v) is 13.3. The van der Waals surface area contributed by atoms with Gasteiger partial charge >= 0.3 is 0 Å². The van der Waals surface area contributed by atoms with Crippen LogP contribution in [0.3, 0.4) is 0 Å². The van der Waals surface area contributed by atoms with Crippen LogP contribution in [-0.4, -0.2) is 16.1 Å². The van der Waals surface area contributed by atoms with E-state index >= 15 is 0 Å². The van der Waals surface area contributed by atoms with Crippen molar-refractivity contribution < 1.29 is 9.21 Å². The largest absolute Gasteiger partial charge is 0.462 e. The van der Waals surface area contributed by atoms with Crippen LogP contribution in [0, 0.1) is 6.92 Å². The molecule has 0 aliphatic heterocycles. The van der Waals surface area contributed by atoms with Gasteiger partial charge in [-0.2, -0.15) is 0 Å². The molecule has 116 valence electrons. The van der Waals surface area contributed by atoms with Gasteiger partial charge in [-0.25, -0.2) is 0 Å². The van der Waals surface area contributed by atoms with Gasteiger partial charge < -0.3 is 4.42 Å². The van der Waals surface area contributed by atoms with Gasteiger partial charge in [-0.1, -0.05) is 41.7 Å². The fraction of sp³-hybridized carbons (Fsp3) is 0.118. The lowest BCUT2D eigenvalue weighted by molar-refractivity contribution is -0.111. The molecule has 0 aliphatic carbocycles. The maximum Gasteiger partial charge on any atom is 0.250 e. The molecule has 0 fully saturated rings. The Kier molecular flexibility index (Phi) is 4.63. The lowest BCUT2D eigenvalue weighted by Gasteiger charge is -1.95. The SMILES string of the molecule is Cc1ccc(/C=C/C(=O)Nc2nnc(Cc3ccccc3)s2)o1. The maximum atomic E-state index is 11.9. The van der Waals surface area contributed by atoms with Crippen molar-refractivity contribution in [2.45, 2.75) is 13.3 Å². The number of aryl methyl sites for hydroxylation is 1. The molecular formula is C17H15N3O2S. The molecule has 0 unspecified atom stereocenters. The summed E-state index contributed by atoms with van der Waals surface area (Å²) in [6.07, 6.45) is 3.74. The van der Waals surface area contributed by atoms with Crippen molar-refractivity contribution >= 4 is 28.5 Å². The molecule has 1 N–H and O–H groups in total. The number of nitrogens with zero attached hydrogens (tertiary/aromatic N) is 2. The van der Waals surface area contributed by atoms with Crippen LogP contribution in [0.4, 0.5) is 5.13 Å². The van der Waals surface area contributed by atoms with Gasteiger partial charge in [0.15, 0.2) is 0 Å². The summed E-state index contributed by atoms with van der Waals surface area (Å²) in [6, 6.07) is 13.7. The molecule has 0 bridgehead atoms. The summed E-state index contributed by atoms with van der Waals surface area (Å²) in [5.41, 5.74) is 1.16. The number of furan rings is 1. The first-order valence-electron chi connectivity index (χ1n) is 7.11. The Balaban J connectivity index is 1.58. The minimum absolute atomic E-state index is 0.263. The quantitative estimate of drug-likeness (QED) is 0.727. The molecular weight excluding hydrogens is 310 g/mol. The standard InChI is InChI=1S/C17H15N3O2S/c1-12-7-8-14(22-12)9-10-15(21)18-17-20-19-16(23-17)11-13-5-3-2-4-6-13/h2-10H,11H2,1H3,(H,18,20,21)/b10-9+. The second-order valence-electron chi connectivity index (χ2n) is 4.93. The van der Waals surface area contributed by atoms with Crippen LogP contribution < -0.4 is 5.32 Å². The molecule has 1 amide bonds. The molecule has 6 heteroatoms. The van der Waals surface area contributed by atoms with Gasteiger partial charge in [-0.05, 0) is 30.7 Å². The van der Waals surface area contributed by atoms with Crippen LogP contribution in [0.1, 0.15) is 22.1 Å². The highest BCUT2D eigenvalue weighted by molar-refractivity contribution is 7.15. The van der Waals surface area contributed by atoms with Crippen LogP contribution in [-0.2, 0) is 11.2 Å². The summed E-state index contributed by atoms with van der Waals surface area (Å²) in [4.78, 5) is 11.9. The lowest BCUT2D eigenvalue weighted by Crippen LogP contribution is -2.07. The molecule has 0 radical (unpaired) electrons. The molecule has 0 saturated heterocycles. The third-order valence-electron chi connectivity index (χ3n) is 3.06. The predicted molar refractivity (Wildman–Crippen MR) is 90.3 cm³/mol. The summed E-state index contributed by atoms with van der Waals surface area (Å²) in [7, 11) is 0. The zero-order chi connectivity index (χ0) is 16.1. The number of amides is 1. The molecule has 3 aromatic rings. The van der Waals surface area contributed by atoms with Crippen molar-refractivity contribution in [1.82, 2.24) is 10.2 Å². The van der Waals surface area contributed by atoms with Gasteiger partial charge in [-0.15, -0.1) is 10.2 Å². The van der Waals surface area contributed by atoms with Crippen molar-refractivity contribution in [3.63, 3.8) is 0 Å². The molecule has 3 rings (SSSR count). The normalized spacial score (nSPS) is 11.0. The minimum atomic E-state index is -0.263. The Morgan fingerprint density at radius 2 is 2.04 bits per heavy atom. The average molecular weight is 325 g/mol. The summed E-state index contributed by atoms with van der Waals surface area (Å²) in [6.45, 7) is 1.85. The number of carbonyl (C=O) groups excluding carboxylic acids is 1. The van der Waals surface area contributed by atoms with E-state index in [2.05, 4.69) is 15.5 Å². The third-order valence-corrected chi connectivity index (χ3v) is 3.89. The number of benzene rings is 1. The highest BCUT2D eigenvalue weighted by Gasteiger charge is 2.07. The van der Waals surface area contributed by atoms with Crippen molar-refractivity contribution in [2.24, 2.45) is 0 Å². The van der Waals surface area contributed by atoms with E-state index in [0.717, 1.165) is 16.3 Å². The first-order chi connectivity index (χ1) is 11.2. The number of hydrogen-bond acceptors (Lipinski definition) is 5. The molecule has 23 heavy (non-hydrogen) atoms. The number of rotatable bonds is 5. The van der Waals surface area contributed by atoms with Crippen LogP contribution >= 0.6 is 11.3 Å². The maximum absolute atomic E-state index is 11.9. The van der Waals surface area contributed by atoms with E-state index < -0.39 is 0 Å². The Bertz CT molecular complexity index is 821. The van der Waals surface area contributed by atoms with E-state index in [1.807, 2.05) is 49.4 Å². The second-order valence-corrected chi connectivity index (χ2v) is 6.00. The lowest BCUT2D eigenvalue weighted by atomic mass is 10.2. The molecule has 5 nitrogen and oxygen atoms in total. The fourth-order valence-corrected chi connectivity index (χ4v) is 2.77. The highest BCUT2D eigenvalue weighted by atomic mass is 32.1. The number of nitrogens with one attached hydrogen (secondary N) is 1. The molecule has 0 atom stereocenters. The Hall–Kier alpha value is -2.73. The Morgan fingerprint density at radius 1 is 1.22 bits per heavy atom. The van der Waals surface area contributed by atoms with Gasteiger partial charge in [0.2, 0.25) is 11.0 Å². The third kappa shape index (κ3) is 4.37. The topological polar surface area (TPSA) is 68.0 Å². The van der Waals surface area contributed by atoms with Crippen LogP contribution in [0.5, 0.6) is 0 Å². The minimum Gasteiger partial charge on any atom is -0.462 e. The van der Waals surface area contributed by atoms with E-state index in [1.54, 1.807) is 6.08 Å². The highest BCUT2D eigenvalue weighted by Crippen LogP contribution is 2.18. The molecule has 0 spiro atoms. The average Bonchev–Trinajstić information content (AvgIpc) is 3.15. The molecule has 2 heterocycles. The predicted octanol–water partition coefficient (Wildman–Crippen LogP) is 3.68. The molecule has 0 aliphatic rings. The van der Waals surface area contributed by atoms with Crippen LogP contribution in [0.15, 0.2) is 53.0 Å². The van der Waals surface area contributed by atoms with Gasteiger partial charge in [0.25, 0.3) is 0 Å².